The van der Waals surface area contributed by atoms with Crippen LogP contribution in [0.4, 0.5) is 0 Å². The van der Waals surface area contributed by atoms with Gasteiger partial charge in [-0.1, -0.05) is 57.4 Å². The van der Waals surface area contributed by atoms with Gasteiger partial charge in [0.15, 0.2) is 0 Å². The molecule has 0 atom stereocenters. The number of benzene rings is 1. The maximum absolute atomic E-state index is 5.93. The fourth-order valence-corrected chi connectivity index (χ4v) is 4.43. The molecule has 1 heterocycles. The Labute approximate surface area is 148 Å². The first-order chi connectivity index (χ1) is 11.8. The summed E-state index contributed by atoms with van der Waals surface area (Å²) in [7, 11) is -0.160. The Morgan fingerprint density at radius 2 is 1.42 bits per heavy atom. The molecule has 0 spiro atoms. The zero-order chi connectivity index (χ0) is 16.8. The Morgan fingerprint density at radius 3 is 2.00 bits per heavy atom. The van der Waals surface area contributed by atoms with Crippen LogP contribution in [0.3, 0.4) is 0 Å². The van der Waals surface area contributed by atoms with Gasteiger partial charge in [0.25, 0.3) is 0 Å². The summed E-state index contributed by atoms with van der Waals surface area (Å²) in [5.74, 6) is 2.31. The summed E-state index contributed by atoms with van der Waals surface area (Å²) in [6.07, 6.45) is 10.7. The molecule has 0 unspecified atom stereocenters. The normalized spacial score (nSPS) is 25.8. The average molecular weight is 328 g/mol. The lowest BCUT2D eigenvalue weighted by Crippen LogP contribution is -2.44. The number of hydrogen-bond acceptors (Lipinski definition) is 2. The second-order valence-corrected chi connectivity index (χ2v) is 7.83. The van der Waals surface area contributed by atoms with Crippen molar-refractivity contribution in [2.75, 3.05) is 13.2 Å². The van der Waals surface area contributed by atoms with E-state index in [1.807, 2.05) is 0 Å². The van der Waals surface area contributed by atoms with Crippen LogP contribution in [-0.4, -0.2) is 20.3 Å². The highest BCUT2D eigenvalue weighted by molar-refractivity contribution is 6.61. The molecule has 0 amide bonds. The Morgan fingerprint density at radius 1 is 0.833 bits per heavy atom. The van der Waals surface area contributed by atoms with Crippen LogP contribution in [0.2, 0.25) is 0 Å². The van der Waals surface area contributed by atoms with Crippen molar-refractivity contribution in [1.29, 1.82) is 0 Å². The van der Waals surface area contributed by atoms with Crippen molar-refractivity contribution in [2.45, 2.75) is 71.1 Å². The molecule has 0 N–H and O–H groups in total. The van der Waals surface area contributed by atoms with Crippen molar-refractivity contribution in [1.82, 2.24) is 0 Å². The summed E-state index contributed by atoms with van der Waals surface area (Å²) in [4.78, 5) is 0. The predicted molar refractivity (Wildman–Crippen MR) is 102 cm³/mol. The third-order valence-corrected chi connectivity index (χ3v) is 5.89. The lowest BCUT2D eigenvalue weighted by atomic mass is 9.74. The van der Waals surface area contributed by atoms with Gasteiger partial charge in [-0.2, -0.15) is 0 Å². The van der Waals surface area contributed by atoms with Crippen molar-refractivity contribution >= 4 is 12.6 Å². The van der Waals surface area contributed by atoms with Crippen LogP contribution < -0.4 is 5.46 Å². The lowest BCUT2D eigenvalue weighted by molar-refractivity contribution is 0.0821. The van der Waals surface area contributed by atoms with Gasteiger partial charge in [0.2, 0.25) is 0 Å². The highest BCUT2D eigenvalue weighted by Gasteiger charge is 2.29. The summed E-state index contributed by atoms with van der Waals surface area (Å²) in [6, 6.07) is 9.06. The summed E-state index contributed by atoms with van der Waals surface area (Å²) >= 11 is 0. The van der Waals surface area contributed by atoms with Crippen LogP contribution in [0.5, 0.6) is 0 Å². The molecular weight excluding hydrogens is 295 g/mol. The molecule has 2 nitrogen and oxygen atoms in total. The van der Waals surface area contributed by atoms with Crippen LogP contribution in [-0.2, 0) is 9.31 Å². The maximum Gasteiger partial charge on any atom is 0.493 e. The van der Waals surface area contributed by atoms with Gasteiger partial charge in [-0.3, -0.25) is 0 Å². The molecule has 3 heteroatoms. The summed E-state index contributed by atoms with van der Waals surface area (Å²) < 4.78 is 11.9. The number of hydrogen-bond donors (Lipinski definition) is 0. The zero-order valence-electron chi connectivity index (χ0n) is 15.5. The maximum atomic E-state index is 5.93. The molecule has 1 aliphatic heterocycles. The molecule has 0 aromatic heterocycles. The quantitative estimate of drug-likeness (QED) is 0.690. The Bertz CT molecular complexity index is 426. The van der Waals surface area contributed by atoms with E-state index in [4.69, 9.17) is 9.31 Å². The fraction of sp³-hybridized carbons (Fsp3) is 0.714. The van der Waals surface area contributed by atoms with E-state index >= 15 is 0 Å². The highest BCUT2D eigenvalue weighted by atomic mass is 16.6. The fourth-order valence-electron chi connectivity index (χ4n) is 4.43. The molecule has 132 valence electrons. The van der Waals surface area contributed by atoms with Crippen LogP contribution in [0.1, 0.15) is 76.7 Å². The van der Waals surface area contributed by atoms with E-state index in [9.17, 15) is 0 Å². The molecule has 2 aliphatic rings. The van der Waals surface area contributed by atoms with Crippen LogP contribution in [0, 0.1) is 11.8 Å². The molecule has 1 saturated carbocycles. The van der Waals surface area contributed by atoms with Gasteiger partial charge in [-0.15, -0.1) is 0 Å². The standard InChI is InChI=1S/C21H33BO2/c1-3-5-17-7-9-19(10-8-17)20-11-13-21(14-12-20)22-23-15-18(6-4-2)16-24-22/h11-14,17-19H,3-10,15-16H2,1-2H3. The zero-order valence-corrected chi connectivity index (χ0v) is 15.5. The molecule has 1 saturated heterocycles. The van der Waals surface area contributed by atoms with E-state index in [-0.39, 0.29) is 7.12 Å². The second-order valence-electron chi connectivity index (χ2n) is 7.83. The van der Waals surface area contributed by atoms with E-state index in [2.05, 4.69) is 38.1 Å². The number of rotatable bonds is 6. The summed E-state index contributed by atoms with van der Waals surface area (Å²) in [6.45, 7) is 6.20. The first-order valence-electron chi connectivity index (χ1n) is 10.1. The molecular formula is C21H33BO2. The predicted octanol–water partition coefficient (Wildman–Crippen LogP) is 4.92. The lowest BCUT2D eigenvalue weighted by Gasteiger charge is -2.29. The van der Waals surface area contributed by atoms with Crippen molar-refractivity contribution in [2.24, 2.45) is 11.8 Å². The van der Waals surface area contributed by atoms with E-state index in [0.29, 0.717) is 5.92 Å². The van der Waals surface area contributed by atoms with Gasteiger partial charge in [0.1, 0.15) is 0 Å². The monoisotopic (exact) mass is 328 g/mol. The van der Waals surface area contributed by atoms with E-state index < -0.39 is 0 Å². The minimum atomic E-state index is -0.160. The molecule has 1 aromatic rings. The summed E-state index contributed by atoms with van der Waals surface area (Å²) in [5, 5.41) is 0. The van der Waals surface area contributed by atoms with Crippen molar-refractivity contribution in [3.8, 4) is 0 Å². The molecule has 3 rings (SSSR count). The molecule has 0 bridgehead atoms. The van der Waals surface area contributed by atoms with Gasteiger partial charge in [0.05, 0.1) is 0 Å². The van der Waals surface area contributed by atoms with Crippen molar-refractivity contribution in [3.05, 3.63) is 29.8 Å². The largest absolute Gasteiger partial charge is 0.493 e. The molecule has 2 fully saturated rings. The van der Waals surface area contributed by atoms with Crippen LogP contribution in [0.25, 0.3) is 0 Å². The first-order valence-corrected chi connectivity index (χ1v) is 10.1. The van der Waals surface area contributed by atoms with Crippen LogP contribution in [0.15, 0.2) is 24.3 Å². The minimum Gasteiger partial charge on any atom is -0.407 e. The third kappa shape index (κ3) is 4.64. The topological polar surface area (TPSA) is 18.5 Å². The molecule has 24 heavy (non-hydrogen) atoms. The van der Waals surface area contributed by atoms with E-state index in [1.54, 1.807) is 0 Å². The van der Waals surface area contributed by atoms with E-state index in [0.717, 1.165) is 25.0 Å². The van der Waals surface area contributed by atoms with Gasteiger partial charge >= 0.3 is 7.12 Å². The highest BCUT2D eigenvalue weighted by Crippen LogP contribution is 2.37. The van der Waals surface area contributed by atoms with Gasteiger partial charge in [-0.25, -0.2) is 0 Å². The molecule has 1 aliphatic carbocycles. The van der Waals surface area contributed by atoms with Crippen molar-refractivity contribution < 1.29 is 9.31 Å². The SMILES string of the molecule is CCCC1CCC(c2ccc(B3OCC(CCC)CO3)cc2)CC1. The minimum absolute atomic E-state index is 0.160. The van der Waals surface area contributed by atoms with Gasteiger partial charge in [-0.05, 0) is 55.0 Å². The Kier molecular flexibility index (Phi) is 6.80. The first kappa shape index (κ1) is 18.0. The van der Waals surface area contributed by atoms with Gasteiger partial charge < -0.3 is 9.31 Å². The third-order valence-electron chi connectivity index (χ3n) is 5.89. The van der Waals surface area contributed by atoms with Gasteiger partial charge in [0, 0.05) is 19.1 Å². The molecule has 0 radical (unpaired) electrons. The molecule has 1 aromatic carbocycles. The Balaban J connectivity index is 1.51. The summed E-state index contributed by atoms with van der Waals surface area (Å²) in [5.41, 5.74) is 2.68. The average Bonchev–Trinajstić information content (AvgIpc) is 2.64. The van der Waals surface area contributed by atoms with Crippen molar-refractivity contribution in [3.63, 3.8) is 0 Å². The van der Waals surface area contributed by atoms with Crippen LogP contribution >= 0.6 is 0 Å². The smallest absolute Gasteiger partial charge is 0.407 e. The van der Waals surface area contributed by atoms with E-state index in [1.165, 1.54) is 62.4 Å². The second kappa shape index (κ2) is 9.06. The Hall–Kier alpha value is -0.795.